The van der Waals surface area contributed by atoms with Crippen molar-refractivity contribution >= 4 is 5.69 Å². The molecule has 0 unspecified atom stereocenters. The zero-order valence-electron chi connectivity index (χ0n) is 9.74. The minimum absolute atomic E-state index is 0.691. The fourth-order valence-electron chi connectivity index (χ4n) is 1.60. The standard InChI is InChI=1S/C13H14N4/c1-16(8-9-17-7-6-15-11-17)13-4-2-12(10-14)3-5-13/h2-7,11H,8-9H2,1H3. The van der Waals surface area contributed by atoms with Crippen molar-refractivity contribution in [2.75, 3.05) is 18.5 Å². The molecule has 0 atom stereocenters. The van der Waals surface area contributed by atoms with E-state index in [1.54, 1.807) is 6.20 Å². The number of hydrogen-bond donors (Lipinski definition) is 0. The van der Waals surface area contributed by atoms with Crippen LogP contribution in [0.15, 0.2) is 43.0 Å². The van der Waals surface area contributed by atoms with Gasteiger partial charge in [0.2, 0.25) is 0 Å². The monoisotopic (exact) mass is 226 g/mol. The lowest BCUT2D eigenvalue weighted by Crippen LogP contribution is -2.22. The van der Waals surface area contributed by atoms with E-state index in [2.05, 4.69) is 16.0 Å². The number of hydrogen-bond acceptors (Lipinski definition) is 3. The maximum absolute atomic E-state index is 8.72. The Balaban J connectivity index is 1.95. The summed E-state index contributed by atoms with van der Waals surface area (Å²) in [6.45, 7) is 1.80. The van der Waals surface area contributed by atoms with Gasteiger partial charge in [-0.05, 0) is 24.3 Å². The largest absolute Gasteiger partial charge is 0.373 e. The SMILES string of the molecule is CN(CCn1ccnc1)c1ccc(C#N)cc1. The lowest BCUT2D eigenvalue weighted by molar-refractivity contribution is 0.684. The number of rotatable bonds is 4. The van der Waals surface area contributed by atoms with E-state index in [0.717, 1.165) is 18.8 Å². The van der Waals surface area contributed by atoms with Gasteiger partial charge in [-0.1, -0.05) is 0 Å². The van der Waals surface area contributed by atoms with Crippen molar-refractivity contribution in [1.82, 2.24) is 9.55 Å². The maximum Gasteiger partial charge on any atom is 0.0991 e. The second-order valence-corrected chi connectivity index (χ2v) is 3.88. The van der Waals surface area contributed by atoms with Crippen molar-refractivity contribution in [3.63, 3.8) is 0 Å². The third-order valence-corrected chi connectivity index (χ3v) is 2.69. The van der Waals surface area contributed by atoms with E-state index < -0.39 is 0 Å². The minimum Gasteiger partial charge on any atom is -0.373 e. The van der Waals surface area contributed by atoms with Crippen LogP contribution in [-0.2, 0) is 6.54 Å². The summed E-state index contributed by atoms with van der Waals surface area (Å²) in [7, 11) is 2.04. The van der Waals surface area contributed by atoms with E-state index in [-0.39, 0.29) is 0 Å². The van der Waals surface area contributed by atoms with Gasteiger partial charge in [0.15, 0.2) is 0 Å². The molecule has 0 amide bonds. The molecule has 0 fully saturated rings. The number of nitrogens with zero attached hydrogens (tertiary/aromatic N) is 4. The molecule has 1 aromatic heterocycles. The fraction of sp³-hybridized carbons (Fsp3) is 0.231. The molecule has 1 aromatic carbocycles. The van der Waals surface area contributed by atoms with Gasteiger partial charge < -0.3 is 9.47 Å². The van der Waals surface area contributed by atoms with Gasteiger partial charge in [0.25, 0.3) is 0 Å². The number of benzene rings is 1. The van der Waals surface area contributed by atoms with Gasteiger partial charge in [0.05, 0.1) is 18.0 Å². The highest BCUT2D eigenvalue weighted by Gasteiger charge is 2.00. The van der Waals surface area contributed by atoms with Crippen LogP contribution in [0, 0.1) is 11.3 Å². The van der Waals surface area contributed by atoms with Crippen molar-refractivity contribution in [2.45, 2.75) is 6.54 Å². The van der Waals surface area contributed by atoms with E-state index in [4.69, 9.17) is 5.26 Å². The van der Waals surface area contributed by atoms with Crippen LogP contribution in [0.25, 0.3) is 0 Å². The Hall–Kier alpha value is -2.28. The molecule has 4 heteroatoms. The summed E-state index contributed by atoms with van der Waals surface area (Å²) < 4.78 is 2.04. The summed E-state index contributed by atoms with van der Waals surface area (Å²) in [4.78, 5) is 6.16. The van der Waals surface area contributed by atoms with E-state index >= 15 is 0 Å². The second-order valence-electron chi connectivity index (χ2n) is 3.88. The number of aromatic nitrogens is 2. The van der Waals surface area contributed by atoms with Crippen molar-refractivity contribution in [2.24, 2.45) is 0 Å². The summed E-state index contributed by atoms with van der Waals surface area (Å²) in [6, 6.07) is 9.72. The normalized spacial score (nSPS) is 9.88. The van der Waals surface area contributed by atoms with Gasteiger partial charge in [-0.2, -0.15) is 5.26 Å². The molecule has 0 aliphatic heterocycles. The van der Waals surface area contributed by atoms with Gasteiger partial charge in [-0.15, -0.1) is 0 Å². The summed E-state index contributed by atoms with van der Waals surface area (Å²) in [5.41, 5.74) is 1.81. The van der Waals surface area contributed by atoms with Gasteiger partial charge >= 0.3 is 0 Å². The molecule has 4 nitrogen and oxygen atoms in total. The van der Waals surface area contributed by atoms with Crippen LogP contribution in [0.2, 0.25) is 0 Å². The van der Waals surface area contributed by atoms with Crippen LogP contribution in [0.3, 0.4) is 0 Å². The first kappa shape index (κ1) is 11.2. The molecule has 0 saturated heterocycles. The molecule has 0 saturated carbocycles. The van der Waals surface area contributed by atoms with Crippen LogP contribution < -0.4 is 4.90 Å². The highest BCUT2D eigenvalue weighted by Crippen LogP contribution is 2.13. The van der Waals surface area contributed by atoms with Gasteiger partial charge in [0, 0.05) is 38.2 Å². The first-order valence-electron chi connectivity index (χ1n) is 5.46. The lowest BCUT2D eigenvalue weighted by atomic mass is 10.2. The number of likely N-dealkylation sites (N-methyl/N-ethyl adjacent to an activating group) is 1. The molecular formula is C13H14N4. The summed E-state index contributed by atoms with van der Waals surface area (Å²) >= 11 is 0. The summed E-state index contributed by atoms with van der Waals surface area (Å²) in [5, 5.41) is 8.72. The van der Waals surface area contributed by atoms with Crippen molar-refractivity contribution in [3.8, 4) is 6.07 Å². The molecule has 0 radical (unpaired) electrons. The quantitative estimate of drug-likeness (QED) is 0.799. The molecule has 0 spiro atoms. The number of anilines is 1. The van der Waals surface area contributed by atoms with E-state index in [1.807, 2.05) is 48.4 Å². The highest BCUT2D eigenvalue weighted by molar-refractivity contribution is 5.48. The van der Waals surface area contributed by atoms with Crippen LogP contribution in [0.5, 0.6) is 0 Å². The Labute approximate surface area is 101 Å². The third kappa shape index (κ3) is 2.85. The molecule has 86 valence electrons. The molecule has 2 rings (SSSR count). The Kier molecular flexibility index (Phi) is 3.41. The Bertz CT molecular complexity index is 493. The molecule has 2 aromatic rings. The lowest BCUT2D eigenvalue weighted by Gasteiger charge is -2.19. The van der Waals surface area contributed by atoms with E-state index in [9.17, 15) is 0 Å². The van der Waals surface area contributed by atoms with E-state index in [1.165, 1.54) is 0 Å². The summed E-state index contributed by atoms with van der Waals surface area (Å²) in [6.07, 6.45) is 5.54. The Morgan fingerprint density at radius 1 is 1.35 bits per heavy atom. The molecule has 0 bridgehead atoms. The first-order chi connectivity index (χ1) is 8.29. The van der Waals surface area contributed by atoms with E-state index in [0.29, 0.717) is 5.56 Å². The molecule has 0 aliphatic carbocycles. The van der Waals surface area contributed by atoms with Gasteiger partial charge in [-0.3, -0.25) is 0 Å². The Morgan fingerprint density at radius 2 is 2.12 bits per heavy atom. The highest BCUT2D eigenvalue weighted by atomic mass is 15.1. The smallest absolute Gasteiger partial charge is 0.0991 e. The average molecular weight is 226 g/mol. The van der Waals surface area contributed by atoms with Crippen molar-refractivity contribution in [3.05, 3.63) is 48.5 Å². The van der Waals surface area contributed by atoms with Crippen molar-refractivity contribution in [1.29, 1.82) is 5.26 Å². The third-order valence-electron chi connectivity index (χ3n) is 2.69. The zero-order valence-corrected chi connectivity index (χ0v) is 9.74. The van der Waals surface area contributed by atoms with Gasteiger partial charge in [0.1, 0.15) is 0 Å². The fourth-order valence-corrected chi connectivity index (χ4v) is 1.60. The minimum atomic E-state index is 0.691. The number of nitriles is 1. The number of imidazole rings is 1. The summed E-state index contributed by atoms with van der Waals surface area (Å²) in [5.74, 6) is 0. The zero-order chi connectivity index (χ0) is 12.1. The predicted molar refractivity (Wildman–Crippen MR) is 66.7 cm³/mol. The molecule has 1 heterocycles. The van der Waals surface area contributed by atoms with Gasteiger partial charge in [-0.25, -0.2) is 4.98 Å². The molecular weight excluding hydrogens is 212 g/mol. The van der Waals surface area contributed by atoms with Crippen LogP contribution in [-0.4, -0.2) is 23.1 Å². The van der Waals surface area contributed by atoms with Crippen LogP contribution in [0.1, 0.15) is 5.56 Å². The topological polar surface area (TPSA) is 44.9 Å². The van der Waals surface area contributed by atoms with Crippen LogP contribution >= 0.6 is 0 Å². The van der Waals surface area contributed by atoms with Crippen LogP contribution in [0.4, 0.5) is 5.69 Å². The average Bonchev–Trinajstić information content (AvgIpc) is 2.89. The predicted octanol–water partition coefficient (Wildman–Crippen LogP) is 1.89. The second kappa shape index (κ2) is 5.17. The molecule has 0 aliphatic rings. The maximum atomic E-state index is 8.72. The van der Waals surface area contributed by atoms with Crippen molar-refractivity contribution < 1.29 is 0 Å². The molecule has 17 heavy (non-hydrogen) atoms. The Morgan fingerprint density at radius 3 is 2.71 bits per heavy atom. The molecule has 0 N–H and O–H groups in total. The first-order valence-corrected chi connectivity index (χ1v) is 5.46.